The van der Waals surface area contributed by atoms with Crippen molar-refractivity contribution in [2.24, 2.45) is 0 Å². The van der Waals surface area contributed by atoms with Gasteiger partial charge in [-0.1, -0.05) is 30.4 Å². The average molecular weight is 230 g/mol. The molecule has 0 atom stereocenters. The minimum Gasteiger partial charge on any atom is -0.143 e. The Morgan fingerprint density at radius 3 is 2.53 bits per heavy atom. The van der Waals surface area contributed by atoms with E-state index in [-0.39, 0.29) is 0 Å². The summed E-state index contributed by atoms with van der Waals surface area (Å²) >= 11 is 3.70. The Morgan fingerprint density at radius 1 is 0.933 bits per heavy atom. The highest BCUT2D eigenvalue weighted by Crippen LogP contribution is 2.36. The lowest BCUT2D eigenvalue weighted by atomic mass is 10.1. The van der Waals surface area contributed by atoms with Crippen LogP contribution in [-0.2, 0) is 0 Å². The second kappa shape index (κ2) is 3.80. The summed E-state index contributed by atoms with van der Waals surface area (Å²) in [5.74, 6) is 0.503. The Bertz CT molecular complexity index is 488. The van der Waals surface area contributed by atoms with Crippen LogP contribution in [0.1, 0.15) is 10.8 Å². The molecule has 0 amide bonds. The quantitative estimate of drug-likeness (QED) is 0.702. The molecule has 74 valence electrons. The normalized spacial score (nSPS) is 15.2. The van der Waals surface area contributed by atoms with E-state index in [1.165, 1.54) is 14.6 Å². The van der Waals surface area contributed by atoms with Gasteiger partial charge in [0.15, 0.2) is 0 Å². The molecule has 1 aliphatic rings. The topological polar surface area (TPSA) is 0 Å². The fourth-order valence-electron chi connectivity index (χ4n) is 1.70. The van der Waals surface area contributed by atoms with Crippen LogP contribution in [0.5, 0.6) is 0 Å². The lowest BCUT2D eigenvalue weighted by molar-refractivity contribution is 1.15. The first-order valence-corrected chi connectivity index (χ1v) is 6.62. The largest absolute Gasteiger partial charge is 0.143 e. The van der Waals surface area contributed by atoms with Gasteiger partial charge in [-0.15, -0.1) is 22.7 Å². The maximum Gasteiger partial charge on any atom is 0.0445 e. The van der Waals surface area contributed by atoms with Gasteiger partial charge in [0.2, 0.25) is 0 Å². The number of allylic oxidation sites excluding steroid dienone is 4. The van der Waals surface area contributed by atoms with Crippen LogP contribution in [0, 0.1) is 0 Å². The molecular formula is C13H10S2. The molecule has 0 aromatic carbocycles. The van der Waals surface area contributed by atoms with E-state index in [2.05, 4.69) is 53.9 Å². The predicted molar refractivity (Wildman–Crippen MR) is 68.7 cm³/mol. The first kappa shape index (κ1) is 9.13. The fourth-order valence-corrected chi connectivity index (χ4v) is 3.61. The number of hydrogen-bond acceptors (Lipinski definition) is 2. The number of rotatable bonds is 2. The van der Waals surface area contributed by atoms with Crippen LogP contribution in [-0.4, -0.2) is 0 Å². The SMILES string of the molecule is C1=CC(c2ccc(-c3cccs3)s2)C=C1. The smallest absolute Gasteiger partial charge is 0.0445 e. The van der Waals surface area contributed by atoms with Crippen LogP contribution < -0.4 is 0 Å². The zero-order valence-corrected chi connectivity index (χ0v) is 9.72. The standard InChI is InChI=1S/C13H10S2/c1-2-5-10(4-1)11-7-8-13(15-11)12-6-3-9-14-12/h1-10H. The summed E-state index contributed by atoms with van der Waals surface area (Å²) in [6.45, 7) is 0. The van der Waals surface area contributed by atoms with Crippen LogP contribution in [0.4, 0.5) is 0 Å². The van der Waals surface area contributed by atoms with E-state index >= 15 is 0 Å². The molecule has 0 radical (unpaired) electrons. The molecule has 0 bridgehead atoms. The zero-order chi connectivity index (χ0) is 10.1. The van der Waals surface area contributed by atoms with Crippen molar-refractivity contribution in [2.75, 3.05) is 0 Å². The van der Waals surface area contributed by atoms with Crippen LogP contribution >= 0.6 is 22.7 Å². The van der Waals surface area contributed by atoms with E-state index in [0.29, 0.717) is 5.92 Å². The van der Waals surface area contributed by atoms with Gasteiger partial charge in [0, 0.05) is 20.5 Å². The van der Waals surface area contributed by atoms with E-state index in [1.54, 1.807) is 11.3 Å². The van der Waals surface area contributed by atoms with Crippen molar-refractivity contribution in [2.45, 2.75) is 5.92 Å². The molecule has 0 saturated heterocycles. The van der Waals surface area contributed by atoms with Crippen molar-refractivity contribution in [3.05, 3.63) is 58.8 Å². The van der Waals surface area contributed by atoms with Crippen molar-refractivity contribution in [1.82, 2.24) is 0 Å². The highest BCUT2D eigenvalue weighted by Gasteiger charge is 2.10. The van der Waals surface area contributed by atoms with Gasteiger partial charge in [-0.3, -0.25) is 0 Å². The molecule has 0 spiro atoms. The van der Waals surface area contributed by atoms with Crippen molar-refractivity contribution in [1.29, 1.82) is 0 Å². The summed E-state index contributed by atoms with van der Waals surface area (Å²) in [7, 11) is 0. The van der Waals surface area contributed by atoms with Gasteiger partial charge in [0.25, 0.3) is 0 Å². The summed E-state index contributed by atoms with van der Waals surface area (Å²) in [6, 6.07) is 8.76. The molecule has 1 aliphatic carbocycles. The third-order valence-electron chi connectivity index (χ3n) is 2.47. The first-order valence-electron chi connectivity index (χ1n) is 4.92. The van der Waals surface area contributed by atoms with Gasteiger partial charge >= 0.3 is 0 Å². The van der Waals surface area contributed by atoms with Gasteiger partial charge in [-0.05, 0) is 23.6 Å². The third kappa shape index (κ3) is 1.71. The molecule has 0 saturated carbocycles. The molecule has 0 unspecified atom stereocenters. The van der Waals surface area contributed by atoms with Crippen molar-refractivity contribution in [3.63, 3.8) is 0 Å². The lowest BCUT2D eigenvalue weighted by Crippen LogP contribution is -1.80. The molecule has 0 N–H and O–H groups in total. The monoisotopic (exact) mass is 230 g/mol. The maximum atomic E-state index is 2.24. The summed E-state index contributed by atoms with van der Waals surface area (Å²) in [5, 5.41) is 2.13. The highest BCUT2D eigenvalue weighted by molar-refractivity contribution is 7.21. The van der Waals surface area contributed by atoms with Crippen molar-refractivity contribution >= 4 is 22.7 Å². The zero-order valence-electron chi connectivity index (χ0n) is 8.09. The maximum absolute atomic E-state index is 2.24. The van der Waals surface area contributed by atoms with E-state index in [4.69, 9.17) is 0 Å². The Balaban J connectivity index is 1.94. The Labute approximate surface area is 97.2 Å². The minimum atomic E-state index is 0.503. The van der Waals surface area contributed by atoms with Crippen LogP contribution in [0.3, 0.4) is 0 Å². The van der Waals surface area contributed by atoms with Crippen molar-refractivity contribution in [3.8, 4) is 9.75 Å². The summed E-state index contributed by atoms with van der Waals surface area (Å²) in [4.78, 5) is 4.19. The Hall–Kier alpha value is -1.12. The molecule has 2 heterocycles. The predicted octanol–water partition coefficient (Wildman–Crippen LogP) is 4.69. The lowest BCUT2D eigenvalue weighted by Gasteiger charge is -1.99. The Kier molecular flexibility index (Phi) is 2.31. The molecule has 2 aromatic rings. The number of thiophene rings is 2. The van der Waals surface area contributed by atoms with Gasteiger partial charge in [-0.25, -0.2) is 0 Å². The molecule has 2 heteroatoms. The molecule has 0 aliphatic heterocycles. The molecule has 15 heavy (non-hydrogen) atoms. The average Bonchev–Trinajstić information content (AvgIpc) is 3.02. The van der Waals surface area contributed by atoms with Crippen LogP contribution in [0.2, 0.25) is 0 Å². The molecular weight excluding hydrogens is 220 g/mol. The second-order valence-corrected chi connectivity index (χ2v) is 5.54. The minimum absolute atomic E-state index is 0.503. The number of hydrogen-bond donors (Lipinski definition) is 0. The fraction of sp³-hybridized carbons (Fsp3) is 0.0769. The van der Waals surface area contributed by atoms with E-state index in [0.717, 1.165) is 0 Å². The molecule has 2 aromatic heterocycles. The Morgan fingerprint density at radius 2 is 1.80 bits per heavy atom. The van der Waals surface area contributed by atoms with Crippen LogP contribution in [0.15, 0.2) is 53.9 Å². The summed E-state index contributed by atoms with van der Waals surface area (Å²) in [6.07, 6.45) is 8.72. The molecule has 3 rings (SSSR count). The second-order valence-electron chi connectivity index (χ2n) is 3.47. The first-order chi connectivity index (χ1) is 7.43. The summed E-state index contributed by atoms with van der Waals surface area (Å²) < 4.78 is 0. The summed E-state index contributed by atoms with van der Waals surface area (Å²) in [5.41, 5.74) is 0. The van der Waals surface area contributed by atoms with E-state index in [1.807, 2.05) is 11.3 Å². The van der Waals surface area contributed by atoms with E-state index < -0.39 is 0 Å². The van der Waals surface area contributed by atoms with Gasteiger partial charge in [-0.2, -0.15) is 0 Å². The molecule has 0 nitrogen and oxygen atoms in total. The van der Waals surface area contributed by atoms with Crippen molar-refractivity contribution < 1.29 is 0 Å². The highest BCUT2D eigenvalue weighted by atomic mass is 32.1. The van der Waals surface area contributed by atoms with Gasteiger partial charge in [0.1, 0.15) is 0 Å². The van der Waals surface area contributed by atoms with Crippen LogP contribution in [0.25, 0.3) is 9.75 Å². The van der Waals surface area contributed by atoms with E-state index in [9.17, 15) is 0 Å². The van der Waals surface area contributed by atoms with Gasteiger partial charge < -0.3 is 0 Å². The third-order valence-corrected chi connectivity index (χ3v) is 4.72. The van der Waals surface area contributed by atoms with Gasteiger partial charge in [0.05, 0.1) is 0 Å². The molecule has 0 fully saturated rings.